The van der Waals surface area contributed by atoms with Crippen molar-refractivity contribution in [2.24, 2.45) is 0 Å². The highest BCUT2D eigenvalue weighted by Crippen LogP contribution is 2.06. The summed E-state index contributed by atoms with van der Waals surface area (Å²) in [4.78, 5) is 25.5. The van der Waals surface area contributed by atoms with Crippen LogP contribution in [0.15, 0.2) is 0 Å². The molecule has 0 bridgehead atoms. The lowest BCUT2D eigenvalue weighted by molar-refractivity contribution is -0.156. The third kappa shape index (κ3) is 2.72. The minimum absolute atomic E-state index is 0.121. The van der Waals surface area contributed by atoms with Crippen LogP contribution in [0.25, 0.3) is 0 Å². The van der Waals surface area contributed by atoms with Crippen LogP contribution in [0.4, 0.5) is 0 Å². The molecule has 0 radical (unpaired) electrons. The Morgan fingerprint density at radius 1 is 1.07 bits per heavy atom. The van der Waals surface area contributed by atoms with Crippen molar-refractivity contribution in [2.45, 2.75) is 33.7 Å². The number of hydrogen-bond donors (Lipinski definition) is 0. The monoisotopic (exact) mass is 200 g/mol. The molecule has 0 saturated carbocycles. The van der Waals surface area contributed by atoms with Gasteiger partial charge < -0.3 is 9.80 Å². The normalized spacial score (nSPS) is 17.0. The van der Waals surface area contributed by atoms with E-state index in [0.29, 0.717) is 13.1 Å². The second-order valence-electron chi connectivity index (χ2n) is 3.32. The van der Waals surface area contributed by atoms with Crippen molar-refractivity contribution in [1.29, 1.82) is 0 Å². The highest BCUT2D eigenvalue weighted by molar-refractivity contribution is 6.35. The molecule has 1 fully saturated rings. The molecule has 0 atom stereocenters. The molecule has 1 saturated heterocycles. The van der Waals surface area contributed by atoms with Gasteiger partial charge in [0.05, 0.1) is 0 Å². The average molecular weight is 200 g/mol. The van der Waals surface area contributed by atoms with E-state index < -0.39 is 5.91 Å². The molecule has 1 heterocycles. The average Bonchev–Trinajstić information content (AvgIpc) is 2.17. The van der Waals surface area contributed by atoms with Crippen molar-refractivity contribution in [3.63, 3.8) is 0 Å². The number of carbonyl (C=O) groups excluding carboxylic acids is 2. The maximum Gasteiger partial charge on any atom is 0.312 e. The summed E-state index contributed by atoms with van der Waals surface area (Å²) in [6.45, 7) is 9.12. The molecule has 82 valence electrons. The maximum absolute atomic E-state index is 11.3. The number of amides is 2. The second-order valence-corrected chi connectivity index (χ2v) is 3.32. The summed E-state index contributed by atoms with van der Waals surface area (Å²) in [6.07, 6.45) is 0. The van der Waals surface area contributed by atoms with Crippen molar-refractivity contribution in [3.05, 3.63) is 0 Å². The van der Waals surface area contributed by atoms with Crippen LogP contribution >= 0.6 is 0 Å². The molecule has 2 amide bonds. The van der Waals surface area contributed by atoms with Gasteiger partial charge in [-0.05, 0) is 13.8 Å². The second kappa shape index (κ2) is 5.62. The predicted octanol–water partition coefficient (Wildman–Crippen LogP) is 0.722. The third-order valence-corrected chi connectivity index (χ3v) is 2.09. The molecule has 0 spiro atoms. The molecular weight excluding hydrogens is 180 g/mol. The van der Waals surface area contributed by atoms with Crippen molar-refractivity contribution in [1.82, 2.24) is 9.80 Å². The Hall–Kier alpha value is -1.06. The van der Waals surface area contributed by atoms with Crippen molar-refractivity contribution < 1.29 is 9.59 Å². The fourth-order valence-corrected chi connectivity index (χ4v) is 1.24. The Balaban J connectivity index is 0.000000791. The Morgan fingerprint density at radius 2 is 1.57 bits per heavy atom. The minimum atomic E-state index is -0.394. The molecular formula is C10H20N2O2. The molecule has 1 rings (SSSR count). The standard InChI is InChI=1S/C8H14N2O2.C2H6/c1-6(2)10-5-4-9(3)7(11)8(10)12;1-2/h6H,4-5H2,1-3H3;1-2H3. The first kappa shape index (κ1) is 12.9. The highest BCUT2D eigenvalue weighted by Gasteiger charge is 2.31. The van der Waals surface area contributed by atoms with Crippen molar-refractivity contribution >= 4 is 11.8 Å². The summed E-state index contributed by atoms with van der Waals surface area (Å²) in [6, 6.07) is 0.121. The van der Waals surface area contributed by atoms with Gasteiger partial charge in [0.1, 0.15) is 0 Å². The molecule has 0 aromatic carbocycles. The molecule has 1 aliphatic rings. The zero-order valence-corrected chi connectivity index (χ0v) is 9.70. The first-order valence-electron chi connectivity index (χ1n) is 5.10. The van der Waals surface area contributed by atoms with Gasteiger partial charge in [-0.3, -0.25) is 9.59 Å². The highest BCUT2D eigenvalue weighted by atomic mass is 16.2. The zero-order chi connectivity index (χ0) is 11.3. The van der Waals surface area contributed by atoms with Gasteiger partial charge in [-0.25, -0.2) is 0 Å². The van der Waals surface area contributed by atoms with Crippen LogP contribution in [0.3, 0.4) is 0 Å². The quantitative estimate of drug-likeness (QED) is 0.585. The number of piperazine rings is 1. The Kier molecular flexibility index (Phi) is 5.20. The summed E-state index contributed by atoms with van der Waals surface area (Å²) in [5.74, 6) is -0.770. The first-order valence-corrected chi connectivity index (χ1v) is 5.10. The number of carbonyl (C=O) groups is 2. The van der Waals surface area contributed by atoms with E-state index in [9.17, 15) is 9.59 Å². The van der Waals surface area contributed by atoms with Crippen LogP contribution in [-0.4, -0.2) is 47.8 Å². The predicted molar refractivity (Wildman–Crippen MR) is 55.8 cm³/mol. The number of hydrogen-bond acceptors (Lipinski definition) is 2. The molecule has 0 aromatic heterocycles. The molecule has 0 aliphatic carbocycles. The van der Waals surface area contributed by atoms with Crippen LogP contribution < -0.4 is 0 Å². The van der Waals surface area contributed by atoms with Crippen LogP contribution in [0.5, 0.6) is 0 Å². The lowest BCUT2D eigenvalue weighted by Crippen LogP contribution is -2.54. The van der Waals surface area contributed by atoms with Crippen molar-refractivity contribution in [2.75, 3.05) is 20.1 Å². The van der Waals surface area contributed by atoms with E-state index in [1.165, 1.54) is 4.90 Å². The summed E-state index contributed by atoms with van der Waals surface area (Å²) in [5, 5.41) is 0. The molecule has 14 heavy (non-hydrogen) atoms. The molecule has 0 unspecified atom stereocenters. The van der Waals surface area contributed by atoms with Crippen LogP contribution in [-0.2, 0) is 9.59 Å². The van der Waals surface area contributed by atoms with Gasteiger partial charge in [0, 0.05) is 26.2 Å². The van der Waals surface area contributed by atoms with Crippen LogP contribution in [0.2, 0.25) is 0 Å². The van der Waals surface area contributed by atoms with Crippen LogP contribution in [0, 0.1) is 0 Å². The molecule has 0 aromatic rings. The maximum atomic E-state index is 11.3. The molecule has 4 heteroatoms. The van der Waals surface area contributed by atoms with E-state index >= 15 is 0 Å². The van der Waals surface area contributed by atoms with E-state index in [-0.39, 0.29) is 11.9 Å². The van der Waals surface area contributed by atoms with E-state index in [1.807, 2.05) is 27.7 Å². The fraction of sp³-hybridized carbons (Fsp3) is 0.800. The van der Waals surface area contributed by atoms with Gasteiger partial charge in [0.15, 0.2) is 0 Å². The van der Waals surface area contributed by atoms with Crippen LogP contribution in [0.1, 0.15) is 27.7 Å². The van der Waals surface area contributed by atoms with Gasteiger partial charge in [0.2, 0.25) is 0 Å². The summed E-state index contributed by atoms with van der Waals surface area (Å²) < 4.78 is 0. The SMILES string of the molecule is CC.CC(C)N1CCN(C)C(=O)C1=O. The topological polar surface area (TPSA) is 40.6 Å². The van der Waals surface area contributed by atoms with E-state index in [2.05, 4.69) is 0 Å². The third-order valence-electron chi connectivity index (χ3n) is 2.09. The Morgan fingerprint density at radius 3 is 2.00 bits per heavy atom. The summed E-state index contributed by atoms with van der Waals surface area (Å²) in [7, 11) is 1.65. The smallest absolute Gasteiger partial charge is 0.312 e. The Bertz CT molecular complexity index is 214. The van der Waals surface area contributed by atoms with E-state index in [1.54, 1.807) is 11.9 Å². The lowest BCUT2D eigenvalue weighted by atomic mass is 10.2. The van der Waals surface area contributed by atoms with Gasteiger partial charge in [-0.2, -0.15) is 0 Å². The summed E-state index contributed by atoms with van der Waals surface area (Å²) >= 11 is 0. The Labute approximate surface area is 85.9 Å². The van der Waals surface area contributed by atoms with Gasteiger partial charge in [-0.1, -0.05) is 13.8 Å². The fourth-order valence-electron chi connectivity index (χ4n) is 1.24. The zero-order valence-electron chi connectivity index (χ0n) is 9.70. The van der Waals surface area contributed by atoms with Gasteiger partial charge in [-0.15, -0.1) is 0 Å². The van der Waals surface area contributed by atoms with Gasteiger partial charge >= 0.3 is 11.8 Å². The first-order chi connectivity index (χ1) is 6.54. The van der Waals surface area contributed by atoms with Gasteiger partial charge in [0.25, 0.3) is 0 Å². The molecule has 4 nitrogen and oxygen atoms in total. The van der Waals surface area contributed by atoms with E-state index in [4.69, 9.17) is 0 Å². The van der Waals surface area contributed by atoms with Crippen molar-refractivity contribution in [3.8, 4) is 0 Å². The number of rotatable bonds is 1. The van der Waals surface area contributed by atoms with E-state index in [0.717, 1.165) is 0 Å². The number of nitrogens with zero attached hydrogens (tertiary/aromatic N) is 2. The number of likely N-dealkylation sites (N-methyl/N-ethyl adjacent to an activating group) is 1. The molecule has 0 N–H and O–H groups in total. The minimum Gasteiger partial charge on any atom is -0.336 e. The lowest BCUT2D eigenvalue weighted by Gasteiger charge is -2.33. The molecule has 1 aliphatic heterocycles. The largest absolute Gasteiger partial charge is 0.336 e. The summed E-state index contributed by atoms with van der Waals surface area (Å²) in [5.41, 5.74) is 0.